The van der Waals surface area contributed by atoms with Crippen LogP contribution in [-0.2, 0) is 0 Å². The van der Waals surface area contributed by atoms with E-state index in [-0.39, 0.29) is 0 Å². The molecule has 0 aliphatic carbocycles. The second kappa shape index (κ2) is 6.28. The predicted octanol–water partition coefficient (Wildman–Crippen LogP) is 4.33. The number of rotatable bonds is 0. The Kier molecular flexibility index (Phi) is 4.99. The molecular formula is C17H22O2. The molecule has 0 radical (unpaired) electrons. The van der Waals surface area contributed by atoms with E-state index in [0.717, 1.165) is 27.8 Å². The maximum atomic E-state index is 9.39. The van der Waals surface area contributed by atoms with Crippen LogP contribution in [0, 0.1) is 34.6 Å². The SMILES string of the molecule is Cc1cc(C)cc(O)c1.Cc1ccc(C)c(O)c1C. The number of aryl methyl sites for hydroxylation is 4. The Labute approximate surface area is 115 Å². The Balaban J connectivity index is 0.000000191. The fourth-order valence-corrected chi connectivity index (χ4v) is 1.89. The third kappa shape index (κ3) is 4.32. The van der Waals surface area contributed by atoms with Gasteiger partial charge in [-0.25, -0.2) is 0 Å². The third-order valence-electron chi connectivity index (χ3n) is 3.11. The lowest BCUT2D eigenvalue weighted by molar-refractivity contribution is 0.466. The van der Waals surface area contributed by atoms with E-state index in [9.17, 15) is 5.11 Å². The zero-order chi connectivity index (χ0) is 14.6. The van der Waals surface area contributed by atoms with E-state index in [1.165, 1.54) is 0 Å². The van der Waals surface area contributed by atoms with Gasteiger partial charge >= 0.3 is 0 Å². The first kappa shape index (κ1) is 15.1. The molecule has 0 fully saturated rings. The summed E-state index contributed by atoms with van der Waals surface area (Å²) in [6, 6.07) is 9.46. The van der Waals surface area contributed by atoms with E-state index in [1.54, 1.807) is 12.1 Å². The van der Waals surface area contributed by atoms with E-state index >= 15 is 0 Å². The average molecular weight is 258 g/mol. The van der Waals surface area contributed by atoms with Gasteiger partial charge in [0.05, 0.1) is 0 Å². The molecule has 0 aliphatic heterocycles. The third-order valence-corrected chi connectivity index (χ3v) is 3.11. The van der Waals surface area contributed by atoms with Crippen LogP contribution in [0.1, 0.15) is 27.8 Å². The highest BCUT2D eigenvalue weighted by molar-refractivity contribution is 5.43. The number of phenolic OH excluding ortho intramolecular Hbond substituents is 2. The normalized spacial score (nSPS) is 9.74. The van der Waals surface area contributed by atoms with Crippen LogP contribution in [-0.4, -0.2) is 10.2 Å². The van der Waals surface area contributed by atoms with Crippen molar-refractivity contribution in [2.24, 2.45) is 0 Å². The smallest absolute Gasteiger partial charge is 0.121 e. The summed E-state index contributed by atoms with van der Waals surface area (Å²) >= 11 is 0. The number of benzene rings is 2. The van der Waals surface area contributed by atoms with Gasteiger partial charge in [-0.05, 0) is 74.6 Å². The number of phenols is 2. The van der Waals surface area contributed by atoms with Crippen LogP contribution < -0.4 is 0 Å². The predicted molar refractivity (Wildman–Crippen MR) is 79.9 cm³/mol. The van der Waals surface area contributed by atoms with Gasteiger partial charge in [0.15, 0.2) is 0 Å². The fourth-order valence-electron chi connectivity index (χ4n) is 1.89. The topological polar surface area (TPSA) is 40.5 Å². The highest BCUT2D eigenvalue weighted by atomic mass is 16.3. The summed E-state index contributed by atoms with van der Waals surface area (Å²) in [4.78, 5) is 0. The molecule has 0 aromatic heterocycles. The van der Waals surface area contributed by atoms with Gasteiger partial charge in [-0.3, -0.25) is 0 Å². The van der Waals surface area contributed by atoms with Crippen molar-refractivity contribution in [3.8, 4) is 11.5 Å². The molecule has 19 heavy (non-hydrogen) atoms. The van der Waals surface area contributed by atoms with E-state index in [1.807, 2.05) is 52.8 Å². The van der Waals surface area contributed by atoms with Crippen LogP contribution in [0.5, 0.6) is 11.5 Å². The van der Waals surface area contributed by atoms with Crippen molar-refractivity contribution in [3.63, 3.8) is 0 Å². The minimum Gasteiger partial charge on any atom is -0.508 e. The van der Waals surface area contributed by atoms with Gasteiger partial charge in [0.1, 0.15) is 11.5 Å². The first-order valence-electron chi connectivity index (χ1n) is 6.34. The van der Waals surface area contributed by atoms with E-state index in [4.69, 9.17) is 5.11 Å². The Morgan fingerprint density at radius 3 is 1.58 bits per heavy atom. The average Bonchev–Trinajstić information content (AvgIpc) is 2.30. The molecule has 102 valence electrons. The standard InChI is InChI=1S/C9H12O.C8H10O/c1-6-4-5-7(2)9(10)8(6)3;1-6-3-7(2)5-8(9)4-6/h4-5,10H,1-3H3;3-5,9H,1-2H3. The van der Waals surface area contributed by atoms with Gasteiger partial charge in [-0.1, -0.05) is 18.2 Å². The summed E-state index contributed by atoms with van der Waals surface area (Å²) in [5.41, 5.74) is 5.28. The molecule has 0 amide bonds. The van der Waals surface area contributed by atoms with Gasteiger partial charge in [0.25, 0.3) is 0 Å². The summed E-state index contributed by atoms with van der Waals surface area (Å²) in [7, 11) is 0. The minimum atomic E-state index is 0.354. The Morgan fingerprint density at radius 1 is 0.684 bits per heavy atom. The zero-order valence-electron chi connectivity index (χ0n) is 12.3. The van der Waals surface area contributed by atoms with Crippen molar-refractivity contribution in [2.75, 3.05) is 0 Å². The molecule has 0 saturated carbocycles. The molecule has 2 heteroatoms. The molecule has 0 unspecified atom stereocenters. The maximum Gasteiger partial charge on any atom is 0.121 e. The molecule has 2 nitrogen and oxygen atoms in total. The second-order valence-corrected chi connectivity index (χ2v) is 5.02. The van der Waals surface area contributed by atoms with Crippen molar-refractivity contribution in [3.05, 3.63) is 58.1 Å². The number of hydrogen-bond acceptors (Lipinski definition) is 2. The number of hydrogen-bond donors (Lipinski definition) is 2. The van der Waals surface area contributed by atoms with E-state index in [2.05, 4.69) is 0 Å². The summed E-state index contributed by atoms with van der Waals surface area (Å²) in [5.74, 6) is 0.785. The molecule has 2 aromatic carbocycles. The molecule has 2 rings (SSSR count). The minimum absolute atomic E-state index is 0.354. The molecule has 0 aliphatic rings. The molecule has 0 saturated heterocycles. The summed E-state index contributed by atoms with van der Waals surface area (Å²) in [6.45, 7) is 9.76. The van der Waals surface area contributed by atoms with Gasteiger partial charge < -0.3 is 10.2 Å². The van der Waals surface area contributed by atoms with Crippen LogP contribution in [0.15, 0.2) is 30.3 Å². The van der Waals surface area contributed by atoms with Crippen molar-refractivity contribution < 1.29 is 10.2 Å². The molecule has 0 heterocycles. The highest BCUT2D eigenvalue weighted by Crippen LogP contribution is 2.23. The van der Waals surface area contributed by atoms with Crippen LogP contribution in [0.4, 0.5) is 0 Å². The van der Waals surface area contributed by atoms with Crippen LogP contribution in [0.25, 0.3) is 0 Å². The zero-order valence-corrected chi connectivity index (χ0v) is 12.3. The monoisotopic (exact) mass is 258 g/mol. The largest absolute Gasteiger partial charge is 0.508 e. The highest BCUT2D eigenvalue weighted by Gasteiger charge is 2.00. The maximum absolute atomic E-state index is 9.39. The fraction of sp³-hybridized carbons (Fsp3) is 0.294. The molecule has 2 aromatic rings. The lowest BCUT2D eigenvalue weighted by atomic mass is 10.1. The van der Waals surface area contributed by atoms with Gasteiger partial charge in [0, 0.05) is 0 Å². The van der Waals surface area contributed by atoms with Crippen LogP contribution >= 0.6 is 0 Å². The molecule has 0 bridgehead atoms. The molecule has 0 spiro atoms. The quantitative estimate of drug-likeness (QED) is 0.738. The Hall–Kier alpha value is -1.96. The Morgan fingerprint density at radius 2 is 1.16 bits per heavy atom. The van der Waals surface area contributed by atoms with Crippen molar-refractivity contribution >= 4 is 0 Å². The van der Waals surface area contributed by atoms with Crippen molar-refractivity contribution in [1.82, 2.24) is 0 Å². The van der Waals surface area contributed by atoms with Gasteiger partial charge in [-0.2, -0.15) is 0 Å². The van der Waals surface area contributed by atoms with Crippen LogP contribution in [0.3, 0.4) is 0 Å². The summed E-state index contributed by atoms with van der Waals surface area (Å²) in [6.07, 6.45) is 0. The molecular weight excluding hydrogens is 236 g/mol. The van der Waals surface area contributed by atoms with Crippen molar-refractivity contribution in [1.29, 1.82) is 0 Å². The number of aromatic hydroxyl groups is 2. The van der Waals surface area contributed by atoms with Crippen LogP contribution in [0.2, 0.25) is 0 Å². The van der Waals surface area contributed by atoms with Crippen molar-refractivity contribution in [2.45, 2.75) is 34.6 Å². The van der Waals surface area contributed by atoms with E-state index in [0.29, 0.717) is 11.5 Å². The lowest BCUT2D eigenvalue weighted by Crippen LogP contribution is -1.83. The Bertz CT molecular complexity index is 494. The van der Waals surface area contributed by atoms with Gasteiger partial charge in [-0.15, -0.1) is 0 Å². The van der Waals surface area contributed by atoms with Gasteiger partial charge in [0.2, 0.25) is 0 Å². The lowest BCUT2D eigenvalue weighted by Gasteiger charge is -2.04. The first-order chi connectivity index (χ1) is 8.81. The van der Waals surface area contributed by atoms with E-state index < -0.39 is 0 Å². The summed E-state index contributed by atoms with van der Waals surface area (Å²) in [5, 5.41) is 18.4. The molecule has 0 atom stereocenters. The molecule has 2 N–H and O–H groups in total. The first-order valence-corrected chi connectivity index (χ1v) is 6.34. The second-order valence-electron chi connectivity index (χ2n) is 5.02. The summed E-state index contributed by atoms with van der Waals surface area (Å²) < 4.78 is 0.